The van der Waals surface area contributed by atoms with E-state index in [0.29, 0.717) is 12.0 Å². The van der Waals surface area contributed by atoms with E-state index in [2.05, 4.69) is 32.6 Å². The lowest BCUT2D eigenvalue weighted by atomic mass is 9.91. The predicted octanol–water partition coefficient (Wildman–Crippen LogP) is 1.57. The first-order valence-electron chi connectivity index (χ1n) is 8.19. The average Bonchev–Trinajstić information content (AvgIpc) is 2.87. The highest BCUT2D eigenvalue weighted by molar-refractivity contribution is 5.72. The Balaban J connectivity index is 1.93. The van der Waals surface area contributed by atoms with Gasteiger partial charge in [-0.2, -0.15) is 10.1 Å². The van der Waals surface area contributed by atoms with Crippen molar-refractivity contribution in [3.8, 4) is 11.3 Å². The van der Waals surface area contributed by atoms with Crippen molar-refractivity contribution in [1.82, 2.24) is 25.1 Å². The topological polar surface area (TPSA) is 93.7 Å². The lowest BCUT2D eigenvalue weighted by Gasteiger charge is -2.32. The third-order valence-electron chi connectivity index (χ3n) is 4.65. The average molecular weight is 315 g/mol. The summed E-state index contributed by atoms with van der Waals surface area (Å²) >= 11 is 0. The highest BCUT2D eigenvalue weighted by Crippen LogP contribution is 2.28. The lowest BCUT2D eigenvalue weighted by Crippen LogP contribution is -2.43. The zero-order chi connectivity index (χ0) is 16.4. The number of hydrogen-bond acceptors (Lipinski definition) is 6. The zero-order valence-electron chi connectivity index (χ0n) is 14.0. The quantitative estimate of drug-likeness (QED) is 0.793. The highest BCUT2D eigenvalue weighted by Gasteiger charge is 2.25. The van der Waals surface area contributed by atoms with Gasteiger partial charge in [0.25, 0.3) is 0 Å². The Kier molecular flexibility index (Phi) is 4.47. The van der Waals surface area contributed by atoms with Crippen LogP contribution < -0.4 is 16.4 Å². The summed E-state index contributed by atoms with van der Waals surface area (Å²) in [6.45, 7) is 6.31. The molecule has 3 rings (SSSR count). The van der Waals surface area contributed by atoms with Crippen LogP contribution in [0.5, 0.6) is 0 Å². The standard InChI is InChI=1S/C16H25N7/c1-4-11-8-18-6-5-13(11)20-15-12(9-19-16(17)21-15)14-7-10(2)23(3)22-14/h7,9,11,13,18H,4-6,8H2,1-3H3,(H3,17,19,20,21). The molecule has 2 aromatic rings. The first kappa shape index (κ1) is 15.7. The summed E-state index contributed by atoms with van der Waals surface area (Å²) in [5.74, 6) is 1.64. The molecule has 0 spiro atoms. The van der Waals surface area contributed by atoms with Gasteiger partial charge in [0.15, 0.2) is 0 Å². The van der Waals surface area contributed by atoms with Crippen molar-refractivity contribution in [3.05, 3.63) is 18.0 Å². The summed E-state index contributed by atoms with van der Waals surface area (Å²) in [7, 11) is 1.93. The third-order valence-corrected chi connectivity index (χ3v) is 4.65. The van der Waals surface area contributed by atoms with E-state index in [4.69, 9.17) is 5.73 Å². The molecule has 0 bridgehead atoms. The highest BCUT2D eigenvalue weighted by atomic mass is 15.3. The van der Waals surface area contributed by atoms with Crippen molar-refractivity contribution in [2.45, 2.75) is 32.7 Å². The molecule has 1 aliphatic rings. The summed E-state index contributed by atoms with van der Waals surface area (Å²) in [6.07, 6.45) is 3.96. The Bertz CT molecular complexity index is 660. The molecule has 7 nitrogen and oxygen atoms in total. The first-order chi connectivity index (χ1) is 11.1. The van der Waals surface area contributed by atoms with Gasteiger partial charge in [0.05, 0.1) is 11.3 Å². The van der Waals surface area contributed by atoms with Crippen LogP contribution in [0.3, 0.4) is 0 Å². The van der Waals surface area contributed by atoms with Crippen LogP contribution >= 0.6 is 0 Å². The minimum absolute atomic E-state index is 0.283. The molecule has 0 amide bonds. The van der Waals surface area contributed by atoms with Gasteiger partial charge in [-0.1, -0.05) is 13.3 Å². The number of nitrogen functional groups attached to an aromatic ring is 1. The van der Waals surface area contributed by atoms with Gasteiger partial charge in [0.2, 0.25) is 5.95 Å². The van der Waals surface area contributed by atoms with Crippen LogP contribution in [0, 0.1) is 12.8 Å². The molecule has 2 atom stereocenters. The minimum Gasteiger partial charge on any atom is -0.368 e. The fourth-order valence-electron chi connectivity index (χ4n) is 3.10. The molecule has 1 aliphatic heterocycles. The number of hydrogen-bond donors (Lipinski definition) is 3. The van der Waals surface area contributed by atoms with Crippen LogP contribution in [0.4, 0.5) is 11.8 Å². The maximum Gasteiger partial charge on any atom is 0.221 e. The number of anilines is 2. The van der Waals surface area contributed by atoms with Crippen molar-refractivity contribution in [2.75, 3.05) is 24.1 Å². The van der Waals surface area contributed by atoms with Gasteiger partial charge in [0, 0.05) is 25.0 Å². The molecular weight excluding hydrogens is 290 g/mol. The second-order valence-electron chi connectivity index (χ2n) is 6.20. The normalized spacial score (nSPS) is 21.3. The Labute approximate surface area is 136 Å². The number of nitrogens with two attached hydrogens (primary N) is 1. The molecule has 7 heteroatoms. The van der Waals surface area contributed by atoms with E-state index < -0.39 is 0 Å². The van der Waals surface area contributed by atoms with Gasteiger partial charge >= 0.3 is 0 Å². The Hall–Kier alpha value is -2.15. The van der Waals surface area contributed by atoms with Gasteiger partial charge < -0.3 is 16.4 Å². The molecular formula is C16H25N7. The molecule has 124 valence electrons. The molecule has 1 saturated heterocycles. The summed E-state index contributed by atoms with van der Waals surface area (Å²) in [4.78, 5) is 8.59. The molecule has 3 heterocycles. The van der Waals surface area contributed by atoms with Gasteiger partial charge in [0.1, 0.15) is 5.82 Å². The molecule has 2 aromatic heterocycles. The van der Waals surface area contributed by atoms with E-state index in [9.17, 15) is 0 Å². The Morgan fingerprint density at radius 3 is 3.00 bits per heavy atom. The summed E-state index contributed by atoms with van der Waals surface area (Å²) in [5, 5.41) is 11.6. The van der Waals surface area contributed by atoms with E-state index in [0.717, 1.165) is 48.7 Å². The van der Waals surface area contributed by atoms with E-state index in [1.54, 1.807) is 6.20 Å². The van der Waals surface area contributed by atoms with Crippen molar-refractivity contribution in [3.63, 3.8) is 0 Å². The van der Waals surface area contributed by atoms with Crippen LogP contribution in [0.15, 0.2) is 12.3 Å². The monoisotopic (exact) mass is 315 g/mol. The molecule has 4 N–H and O–H groups in total. The number of nitrogens with one attached hydrogen (secondary N) is 2. The number of nitrogens with zero attached hydrogens (tertiary/aromatic N) is 4. The van der Waals surface area contributed by atoms with Crippen molar-refractivity contribution < 1.29 is 0 Å². The van der Waals surface area contributed by atoms with E-state index in [-0.39, 0.29) is 5.95 Å². The maximum absolute atomic E-state index is 5.81. The number of aryl methyl sites for hydroxylation is 2. The zero-order valence-corrected chi connectivity index (χ0v) is 14.0. The van der Waals surface area contributed by atoms with Crippen molar-refractivity contribution >= 4 is 11.8 Å². The fraction of sp³-hybridized carbons (Fsp3) is 0.562. The van der Waals surface area contributed by atoms with Crippen LogP contribution in [0.2, 0.25) is 0 Å². The number of rotatable bonds is 4. The van der Waals surface area contributed by atoms with Gasteiger partial charge in [-0.05, 0) is 38.4 Å². The molecule has 2 unspecified atom stereocenters. The lowest BCUT2D eigenvalue weighted by molar-refractivity contribution is 0.335. The smallest absolute Gasteiger partial charge is 0.221 e. The Morgan fingerprint density at radius 2 is 2.30 bits per heavy atom. The van der Waals surface area contributed by atoms with E-state index in [1.165, 1.54) is 0 Å². The molecule has 0 aromatic carbocycles. The largest absolute Gasteiger partial charge is 0.368 e. The van der Waals surface area contributed by atoms with Crippen LogP contribution in [-0.4, -0.2) is 38.9 Å². The fourth-order valence-corrected chi connectivity index (χ4v) is 3.10. The molecule has 0 radical (unpaired) electrons. The van der Waals surface area contributed by atoms with Gasteiger partial charge in [-0.3, -0.25) is 4.68 Å². The number of aromatic nitrogens is 4. The van der Waals surface area contributed by atoms with Crippen molar-refractivity contribution in [2.24, 2.45) is 13.0 Å². The van der Waals surface area contributed by atoms with Gasteiger partial charge in [-0.25, -0.2) is 4.98 Å². The number of piperidine rings is 1. The SMILES string of the molecule is CCC1CNCCC1Nc1nc(N)ncc1-c1cc(C)n(C)n1. The summed E-state index contributed by atoms with van der Waals surface area (Å²) in [5.41, 5.74) is 8.68. The summed E-state index contributed by atoms with van der Waals surface area (Å²) in [6, 6.07) is 2.43. The molecule has 0 aliphatic carbocycles. The van der Waals surface area contributed by atoms with Crippen LogP contribution in [0.1, 0.15) is 25.5 Å². The van der Waals surface area contributed by atoms with E-state index in [1.807, 2.05) is 24.7 Å². The first-order valence-corrected chi connectivity index (χ1v) is 8.19. The maximum atomic E-state index is 5.81. The third kappa shape index (κ3) is 3.29. The minimum atomic E-state index is 0.283. The summed E-state index contributed by atoms with van der Waals surface area (Å²) < 4.78 is 1.86. The second-order valence-corrected chi connectivity index (χ2v) is 6.20. The predicted molar refractivity (Wildman–Crippen MR) is 92.1 cm³/mol. The van der Waals surface area contributed by atoms with Gasteiger partial charge in [-0.15, -0.1) is 0 Å². The molecule has 0 saturated carbocycles. The second kappa shape index (κ2) is 6.54. The van der Waals surface area contributed by atoms with Crippen LogP contribution in [0.25, 0.3) is 11.3 Å². The van der Waals surface area contributed by atoms with Crippen molar-refractivity contribution in [1.29, 1.82) is 0 Å². The van der Waals surface area contributed by atoms with E-state index >= 15 is 0 Å². The van der Waals surface area contributed by atoms with Crippen LogP contribution in [-0.2, 0) is 7.05 Å². The molecule has 1 fully saturated rings. The molecule has 23 heavy (non-hydrogen) atoms. The Morgan fingerprint density at radius 1 is 1.48 bits per heavy atom.